The average molecular weight is 333 g/mol. The van der Waals surface area contributed by atoms with Crippen LogP contribution in [0.4, 0.5) is 0 Å². The second-order valence-corrected chi connectivity index (χ2v) is 5.72. The van der Waals surface area contributed by atoms with Crippen molar-refractivity contribution in [1.29, 1.82) is 0 Å². The molecule has 1 atom stereocenters. The number of rotatable bonds is 6. The van der Waals surface area contributed by atoms with Crippen molar-refractivity contribution in [3.8, 4) is 5.75 Å². The average Bonchev–Trinajstić information content (AvgIpc) is 3.21. The molecule has 0 spiro atoms. The van der Waals surface area contributed by atoms with E-state index in [-0.39, 0.29) is 30.8 Å². The van der Waals surface area contributed by atoms with Gasteiger partial charge in [-0.05, 0) is 25.0 Å². The summed E-state index contributed by atoms with van der Waals surface area (Å²) in [6.45, 7) is 0.848. The van der Waals surface area contributed by atoms with Gasteiger partial charge in [0.05, 0.1) is 18.8 Å². The molecular weight excluding hydrogens is 314 g/mol. The second kappa shape index (κ2) is 7.35. The summed E-state index contributed by atoms with van der Waals surface area (Å²) in [5.74, 6) is -0.771. The number of amides is 1. The minimum absolute atomic E-state index is 0.00318. The second-order valence-electron chi connectivity index (χ2n) is 5.72. The van der Waals surface area contributed by atoms with E-state index in [9.17, 15) is 14.7 Å². The van der Waals surface area contributed by atoms with Gasteiger partial charge in [-0.1, -0.05) is 0 Å². The van der Waals surface area contributed by atoms with Crippen LogP contribution in [0.15, 0.2) is 28.9 Å². The van der Waals surface area contributed by atoms with Gasteiger partial charge in [-0.2, -0.15) is 0 Å². The number of benzene rings is 1. The molecule has 0 aliphatic carbocycles. The molecule has 0 saturated carbocycles. The molecule has 0 radical (unpaired) electrons. The summed E-state index contributed by atoms with van der Waals surface area (Å²) in [4.78, 5) is 23.5. The van der Waals surface area contributed by atoms with Gasteiger partial charge >= 0.3 is 5.97 Å². The van der Waals surface area contributed by atoms with Crippen LogP contribution >= 0.6 is 0 Å². The number of phenolic OH excluding ortho intramolecular Hbond substituents is 1. The summed E-state index contributed by atoms with van der Waals surface area (Å²) in [7, 11) is 0. The van der Waals surface area contributed by atoms with E-state index in [4.69, 9.17) is 13.9 Å². The van der Waals surface area contributed by atoms with Crippen LogP contribution in [0, 0.1) is 0 Å². The third kappa shape index (κ3) is 4.05. The van der Waals surface area contributed by atoms with E-state index < -0.39 is 5.97 Å². The van der Waals surface area contributed by atoms with Crippen LogP contribution < -0.4 is 5.32 Å². The van der Waals surface area contributed by atoms with Gasteiger partial charge in [-0.15, -0.1) is 0 Å². The Morgan fingerprint density at radius 1 is 1.38 bits per heavy atom. The van der Waals surface area contributed by atoms with E-state index >= 15 is 0 Å². The van der Waals surface area contributed by atoms with Crippen LogP contribution in [0.3, 0.4) is 0 Å². The molecular formula is C17H19NO6. The molecule has 1 aromatic heterocycles. The van der Waals surface area contributed by atoms with E-state index in [1.54, 1.807) is 6.07 Å². The van der Waals surface area contributed by atoms with Gasteiger partial charge in [-0.25, -0.2) is 0 Å². The lowest BCUT2D eigenvalue weighted by molar-refractivity contribution is -0.148. The summed E-state index contributed by atoms with van der Waals surface area (Å²) in [6.07, 6.45) is 3.44. The number of fused-ring (bicyclic) bond motifs is 1. The predicted octanol–water partition coefficient (Wildman–Crippen LogP) is 1.52. The van der Waals surface area contributed by atoms with E-state index in [0.29, 0.717) is 17.7 Å². The van der Waals surface area contributed by atoms with E-state index in [2.05, 4.69) is 5.32 Å². The molecule has 2 heterocycles. The lowest BCUT2D eigenvalue weighted by Gasteiger charge is -2.10. The lowest BCUT2D eigenvalue weighted by Crippen LogP contribution is -2.35. The number of carbonyl (C=O) groups excluding carboxylic acids is 2. The molecule has 3 rings (SSSR count). The van der Waals surface area contributed by atoms with Crippen molar-refractivity contribution in [2.24, 2.45) is 0 Å². The van der Waals surface area contributed by atoms with Gasteiger partial charge in [0.25, 0.3) is 5.91 Å². The fourth-order valence-corrected chi connectivity index (χ4v) is 2.65. The topological polar surface area (TPSA) is 98.0 Å². The number of hydrogen-bond acceptors (Lipinski definition) is 6. The zero-order valence-corrected chi connectivity index (χ0v) is 13.1. The molecule has 7 heteroatoms. The number of nitrogens with one attached hydrogen (secondary N) is 1. The fourth-order valence-electron chi connectivity index (χ4n) is 2.65. The van der Waals surface area contributed by atoms with Crippen LogP contribution in [0.1, 0.15) is 18.4 Å². The SMILES string of the molecule is O=C(COC(=O)Cc1coc2cc(O)ccc12)NC[C@@H]1CCCO1. The fraction of sp³-hybridized carbons (Fsp3) is 0.412. The van der Waals surface area contributed by atoms with Crippen molar-refractivity contribution in [3.05, 3.63) is 30.0 Å². The quantitative estimate of drug-likeness (QED) is 0.778. The lowest BCUT2D eigenvalue weighted by atomic mass is 10.1. The van der Waals surface area contributed by atoms with Crippen molar-refractivity contribution in [2.45, 2.75) is 25.4 Å². The highest BCUT2D eigenvalue weighted by atomic mass is 16.5. The Morgan fingerprint density at radius 2 is 2.25 bits per heavy atom. The van der Waals surface area contributed by atoms with Crippen molar-refractivity contribution < 1.29 is 28.6 Å². The van der Waals surface area contributed by atoms with Crippen LogP contribution in [-0.4, -0.2) is 42.8 Å². The van der Waals surface area contributed by atoms with Gasteiger partial charge in [0.15, 0.2) is 6.61 Å². The Balaban J connectivity index is 1.45. The summed E-state index contributed by atoms with van der Waals surface area (Å²) in [6, 6.07) is 4.67. The third-order valence-corrected chi connectivity index (χ3v) is 3.89. The van der Waals surface area contributed by atoms with Crippen LogP contribution in [0.2, 0.25) is 0 Å². The predicted molar refractivity (Wildman–Crippen MR) is 84.5 cm³/mol. The molecule has 1 aromatic carbocycles. The number of carbonyl (C=O) groups is 2. The van der Waals surface area contributed by atoms with Gasteiger partial charge in [0.1, 0.15) is 11.3 Å². The molecule has 1 saturated heterocycles. The zero-order chi connectivity index (χ0) is 16.9. The molecule has 1 fully saturated rings. The van der Waals surface area contributed by atoms with Crippen LogP contribution in [0.25, 0.3) is 11.0 Å². The molecule has 2 aromatic rings. The minimum Gasteiger partial charge on any atom is -0.508 e. The smallest absolute Gasteiger partial charge is 0.310 e. The van der Waals surface area contributed by atoms with Crippen molar-refractivity contribution in [3.63, 3.8) is 0 Å². The minimum atomic E-state index is -0.516. The maximum absolute atomic E-state index is 11.9. The van der Waals surface area contributed by atoms with Crippen molar-refractivity contribution in [1.82, 2.24) is 5.32 Å². The standard InChI is InChI=1S/C17H19NO6/c19-12-3-4-14-11(9-23-15(14)7-12)6-17(21)24-10-16(20)18-8-13-2-1-5-22-13/h3-4,7,9,13,19H,1-2,5-6,8,10H2,(H,18,20)/t13-/m0/s1. The summed E-state index contributed by atoms with van der Waals surface area (Å²) < 4.78 is 15.7. The number of hydrogen-bond donors (Lipinski definition) is 2. The Hall–Kier alpha value is -2.54. The maximum Gasteiger partial charge on any atom is 0.310 e. The van der Waals surface area contributed by atoms with Gasteiger partial charge < -0.3 is 24.3 Å². The number of furan rings is 1. The Kier molecular flexibility index (Phi) is 5.00. The molecule has 128 valence electrons. The van der Waals surface area contributed by atoms with Crippen LogP contribution in [-0.2, 0) is 25.5 Å². The summed E-state index contributed by atoms with van der Waals surface area (Å²) >= 11 is 0. The number of phenols is 1. The Morgan fingerprint density at radius 3 is 3.04 bits per heavy atom. The molecule has 1 amide bonds. The highest BCUT2D eigenvalue weighted by Gasteiger charge is 2.17. The zero-order valence-electron chi connectivity index (χ0n) is 13.1. The Labute approximate surface area is 138 Å². The number of ether oxygens (including phenoxy) is 2. The van der Waals surface area contributed by atoms with E-state index in [0.717, 1.165) is 24.8 Å². The van der Waals surface area contributed by atoms with Gasteiger partial charge in [0.2, 0.25) is 0 Å². The van der Waals surface area contributed by atoms with Crippen LogP contribution in [0.5, 0.6) is 5.75 Å². The number of aromatic hydroxyl groups is 1. The first-order valence-corrected chi connectivity index (χ1v) is 7.85. The molecule has 7 nitrogen and oxygen atoms in total. The van der Waals surface area contributed by atoms with E-state index in [1.165, 1.54) is 18.4 Å². The molecule has 2 N–H and O–H groups in total. The maximum atomic E-state index is 11.9. The van der Waals surface area contributed by atoms with E-state index in [1.807, 2.05) is 0 Å². The third-order valence-electron chi connectivity index (χ3n) is 3.89. The Bertz CT molecular complexity index is 732. The molecule has 0 unspecified atom stereocenters. The summed E-state index contributed by atoms with van der Waals surface area (Å²) in [5, 5.41) is 12.8. The highest BCUT2D eigenvalue weighted by molar-refractivity contribution is 5.87. The van der Waals surface area contributed by atoms with Crippen molar-refractivity contribution in [2.75, 3.05) is 19.8 Å². The normalized spacial score (nSPS) is 17.1. The molecule has 24 heavy (non-hydrogen) atoms. The number of esters is 1. The van der Waals surface area contributed by atoms with Gasteiger partial charge in [-0.3, -0.25) is 9.59 Å². The van der Waals surface area contributed by atoms with Crippen molar-refractivity contribution >= 4 is 22.8 Å². The molecule has 1 aliphatic heterocycles. The first-order valence-electron chi connectivity index (χ1n) is 7.85. The first kappa shape index (κ1) is 16.3. The monoisotopic (exact) mass is 333 g/mol. The largest absolute Gasteiger partial charge is 0.508 e. The highest BCUT2D eigenvalue weighted by Crippen LogP contribution is 2.25. The molecule has 1 aliphatic rings. The van der Waals surface area contributed by atoms with Gasteiger partial charge in [0, 0.05) is 30.2 Å². The summed E-state index contributed by atoms with van der Waals surface area (Å²) in [5.41, 5.74) is 1.14. The molecule has 0 bridgehead atoms. The first-order chi connectivity index (χ1) is 11.6.